The molecule has 0 unspecified atom stereocenters. The number of para-hydroxylation sites is 1. The van der Waals surface area contributed by atoms with E-state index in [-0.39, 0.29) is 31.4 Å². The lowest BCUT2D eigenvalue weighted by atomic mass is 10.1. The first-order valence-electron chi connectivity index (χ1n) is 7.49. The SMILES string of the molecule is O=C(Nc1cnccc1CO)[C@H]1CC(=O)N(c2ccccc2Cl)C1. The highest BCUT2D eigenvalue weighted by Gasteiger charge is 2.36. The first-order chi connectivity index (χ1) is 11.6. The van der Waals surface area contributed by atoms with Gasteiger partial charge in [0.1, 0.15) is 0 Å². The Kier molecular flexibility index (Phi) is 4.78. The largest absolute Gasteiger partial charge is 0.392 e. The van der Waals surface area contributed by atoms with Crippen molar-refractivity contribution in [2.75, 3.05) is 16.8 Å². The van der Waals surface area contributed by atoms with Gasteiger partial charge < -0.3 is 15.3 Å². The zero-order valence-electron chi connectivity index (χ0n) is 12.8. The van der Waals surface area contributed by atoms with E-state index in [1.165, 1.54) is 11.1 Å². The van der Waals surface area contributed by atoms with Gasteiger partial charge in [0.25, 0.3) is 0 Å². The smallest absolute Gasteiger partial charge is 0.229 e. The fourth-order valence-corrected chi connectivity index (χ4v) is 2.93. The highest BCUT2D eigenvalue weighted by Crippen LogP contribution is 2.31. The lowest BCUT2D eigenvalue weighted by molar-refractivity contribution is -0.122. The van der Waals surface area contributed by atoms with E-state index in [1.807, 2.05) is 0 Å². The van der Waals surface area contributed by atoms with Gasteiger partial charge in [-0.1, -0.05) is 23.7 Å². The van der Waals surface area contributed by atoms with E-state index in [4.69, 9.17) is 11.6 Å². The molecule has 124 valence electrons. The third kappa shape index (κ3) is 3.25. The Morgan fingerprint density at radius 1 is 1.38 bits per heavy atom. The van der Waals surface area contributed by atoms with Crippen LogP contribution in [0.4, 0.5) is 11.4 Å². The normalized spacial score (nSPS) is 17.2. The Morgan fingerprint density at radius 2 is 2.17 bits per heavy atom. The lowest BCUT2D eigenvalue weighted by Gasteiger charge is -2.18. The van der Waals surface area contributed by atoms with Crippen molar-refractivity contribution in [2.45, 2.75) is 13.0 Å². The molecule has 0 radical (unpaired) electrons. The molecule has 0 aliphatic carbocycles. The van der Waals surface area contributed by atoms with Crippen LogP contribution in [0.15, 0.2) is 42.7 Å². The third-order valence-electron chi connectivity index (χ3n) is 3.98. The summed E-state index contributed by atoms with van der Waals surface area (Å²) < 4.78 is 0. The van der Waals surface area contributed by atoms with Gasteiger partial charge in [-0.2, -0.15) is 0 Å². The number of amides is 2. The number of anilines is 2. The van der Waals surface area contributed by atoms with E-state index in [9.17, 15) is 14.7 Å². The molecule has 2 heterocycles. The standard InChI is InChI=1S/C17H16ClN3O3/c18-13-3-1-2-4-15(13)21-9-12(7-16(21)23)17(24)20-14-8-19-6-5-11(14)10-22/h1-6,8,12,22H,7,9-10H2,(H,20,24)/t12-/m0/s1. The van der Waals surface area contributed by atoms with Crippen LogP contribution in [0.25, 0.3) is 0 Å². The van der Waals surface area contributed by atoms with Crippen LogP contribution < -0.4 is 10.2 Å². The number of rotatable bonds is 4. The third-order valence-corrected chi connectivity index (χ3v) is 4.30. The summed E-state index contributed by atoms with van der Waals surface area (Å²) in [6.07, 6.45) is 3.14. The van der Waals surface area contributed by atoms with Gasteiger partial charge >= 0.3 is 0 Å². The van der Waals surface area contributed by atoms with Crippen molar-refractivity contribution in [3.05, 3.63) is 53.3 Å². The molecule has 1 fully saturated rings. The van der Waals surface area contributed by atoms with Gasteiger partial charge in [-0.3, -0.25) is 14.6 Å². The van der Waals surface area contributed by atoms with Gasteiger partial charge in [-0.05, 0) is 18.2 Å². The topological polar surface area (TPSA) is 82.5 Å². The molecule has 1 aliphatic rings. The summed E-state index contributed by atoms with van der Waals surface area (Å²) in [6.45, 7) is 0.0661. The fraction of sp³-hybridized carbons (Fsp3) is 0.235. The maximum Gasteiger partial charge on any atom is 0.229 e. The first kappa shape index (κ1) is 16.4. The van der Waals surface area contributed by atoms with Crippen molar-refractivity contribution in [2.24, 2.45) is 5.92 Å². The number of carbonyl (C=O) groups excluding carboxylic acids is 2. The van der Waals surface area contributed by atoms with Gasteiger partial charge in [0.15, 0.2) is 0 Å². The highest BCUT2D eigenvalue weighted by atomic mass is 35.5. The second-order valence-electron chi connectivity index (χ2n) is 5.54. The number of aliphatic hydroxyl groups excluding tert-OH is 1. The molecular formula is C17H16ClN3O3. The minimum Gasteiger partial charge on any atom is -0.392 e. The number of nitrogens with zero attached hydrogens (tertiary/aromatic N) is 2. The number of pyridine rings is 1. The molecule has 1 atom stereocenters. The van der Waals surface area contributed by atoms with Crippen molar-refractivity contribution < 1.29 is 14.7 Å². The minimum atomic E-state index is -0.486. The van der Waals surface area contributed by atoms with Crippen LogP contribution in [0, 0.1) is 5.92 Å². The monoisotopic (exact) mass is 345 g/mol. The molecule has 2 amide bonds. The first-order valence-corrected chi connectivity index (χ1v) is 7.87. The Labute approximate surface area is 144 Å². The zero-order valence-corrected chi connectivity index (χ0v) is 13.5. The van der Waals surface area contributed by atoms with E-state index in [0.29, 0.717) is 22.0 Å². The molecule has 3 rings (SSSR count). The maximum atomic E-state index is 12.5. The van der Waals surface area contributed by atoms with Crippen molar-refractivity contribution in [1.29, 1.82) is 0 Å². The second kappa shape index (κ2) is 6.98. The van der Waals surface area contributed by atoms with Crippen LogP contribution >= 0.6 is 11.6 Å². The summed E-state index contributed by atoms with van der Waals surface area (Å²) in [5.74, 6) is -0.905. The molecule has 1 saturated heterocycles. The molecule has 1 aromatic heterocycles. The number of hydrogen-bond acceptors (Lipinski definition) is 4. The number of hydrogen-bond donors (Lipinski definition) is 2. The van der Waals surface area contributed by atoms with E-state index in [1.54, 1.807) is 36.5 Å². The van der Waals surface area contributed by atoms with Crippen LogP contribution in [0.3, 0.4) is 0 Å². The van der Waals surface area contributed by atoms with E-state index < -0.39 is 5.92 Å². The molecule has 0 bridgehead atoms. The summed E-state index contributed by atoms with van der Waals surface area (Å²) in [4.78, 5) is 30.2. The van der Waals surface area contributed by atoms with E-state index in [2.05, 4.69) is 10.3 Å². The zero-order chi connectivity index (χ0) is 17.1. The number of nitrogens with one attached hydrogen (secondary N) is 1. The Balaban J connectivity index is 1.74. The van der Waals surface area contributed by atoms with Crippen LogP contribution in [0.2, 0.25) is 5.02 Å². The lowest BCUT2D eigenvalue weighted by Crippen LogP contribution is -2.28. The Morgan fingerprint density at radius 3 is 2.92 bits per heavy atom. The van der Waals surface area contributed by atoms with Gasteiger partial charge in [-0.15, -0.1) is 0 Å². The molecule has 0 saturated carbocycles. The van der Waals surface area contributed by atoms with Crippen molar-refractivity contribution >= 4 is 34.8 Å². The van der Waals surface area contributed by atoms with Gasteiger partial charge in [0.05, 0.1) is 35.1 Å². The van der Waals surface area contributed by atoms with Crippen LogP contribution in [0.5, 0.6) is 0 Å². The number of benzene rings is 1. The number of carbonyl (C=O) groups is 2. The maximum absolute atomic E-state index is 12.5. The van der Waals surface area contributed by atoms with Gasteiger partial charge in [0.2, 0.25) is 11.8 Å². The number of halogens is 1. The van der Waals surface area contributed by atoms with Crippen molar-refractivity contribution in [3.63, 3.8) is 0 Å². The summed E-state index contributed by atoms with van der Waals surface area (Å²) in [5, 5.41) is 12.5. The Bertz CT molecular complexity index is 781. The Hall–Kier alpha value is -2.44. The molecule has 2 N–H and O–H groups in total. The fourth-order valence-electron chi connectivity index (χ4n) is 2.70. The molecule has 1 aromatic carbocycles. The van der Waals surface area contributed by atoms with E-state index in [0.717, 1.165) is 0 Å². The molecule has 24 heavy (non-hydrogen) atoms. The molecule has 7 heteroatoms. The average Bonchev–Trinajstić information content (AvgIpc) is 2.97. The summed E-state index contributed by atoms with van der Waals surface area (Å²) in [5.41, 5.74) is 1.64. The molecule has 2 aromatic rings. The predicted molar refractivity (Wildman–Crippen MR) is 90.7 cm³/mol. The summed E-state index contributed by atoms with van der Waals surface area (Å²) >= 11 is 6.14. The predicted octanol–water partition coefficient (Wildman–Crippen LogP) is 2.22. The highest BCUT2D eigenvalue weighted by molar-refractivity contribution is 6.33. The molecule has 1 aliphatic heterocycles. The van der Waals surface area contributed by atoms with Gasteiger partial charge in [-0.25, -0.2) is 0 Å². The van der Waals surface area contributed by atoms with E-state index >= 15 is 0 Å². The average molecular weight is 346 g/mol. The van der Waals surface area contributed by atoms with Crippen LogP contribution in [-0.2, 0) is 16.2 Å². The summed E-state index contributed by atoms with van der Waals surface area (Å²) in [6, 6.07) is 8.68. The molecular weight excluding hydrogens is 330 g/mol. The van der Waals surface area contributed by atoms with Crippen LogP contribution in [0.1, 0.15) is 12.0 Å². The molecule has 6 nitrogen and oxygen atoms in total. The molecule has 0 spiro atoms. The number of aliphatic hydroxyl groups is 1. The van der Waals surface area contributed by atoms with Crippen LogP contribution in [-0.4, -0.2) is 28.4 Å². The van der Waals surface area contributed by atoms with Gasteiger partial charge in [0, 0.05) is 24.7 Å². The quantitative estimate of drug-likeness (QED) is 0.890. The van der Waals surface area contributed by atoms with Crippen molar-refractivity contribution in [3.8, 4) is 0 Å². The summed E-state index contributed by atoms with van der Waals surface area (Å²) in [7, 11) is 0. The second-order valence-corrected chi connectivity index (χ2v) is 5.94. The number of aromatic nitrogens is 1. The minimum absolute atomic E-state index is 0.117. The van der Waals surface area contributed by atoms with Crippen molar-refractivity contribution in [1.82, 2.24) is 4.98 Å².